The van der Waals surface area contributed by atoms with Crippen LogP contribution in [-0.4, -0.2) is 25.8 Å². The van der Waals surface area contributed by atoms with Crippen molar-refractivity contribution >= 4 is 10.2 Å². The Balaban J connectivity index is 2.29. The zero-order valence-corrected chi connectivity index (χ0v) is 9.75. The van der Waals surface area contributed by atoms with Gasteiger partial charge in [0, 0.05) is 13.0 Å². The summed E-state index contributed by atoms with van der Waals surface area (Å²) in [5, 5.41) is 4.93. The van der Waals surface area contributed by atoms with Crippen LogP contribution in [0.5, 0.6) is 0 Å². The van der Waals surface area contributed by atoms with Gasteiger partial charge in [0.1, 0.15) is 5.82 Å². The van der Waals surface area contributed by atoms with Gasteiger partial charge in [-0.05, 0) is 17.7 Å². The van der Waals surface area contributed by atoms with Crippen molar-refractivity contribution in [3.63, 3.8) is 0 Å². The zero-order valence-electron chi connectivity index (χ0n) is 8.94. The quantitative estimate of drug-likeness (QED) is 0.860. The van der Waals surface area contributed by atoms with Crippen LogP contribution in [0, 0.1) is 5.82 Å². The van der Waals surface area contributed by atoms with Crippen LogP contribution in [0.4, 0.5) is 8.78 Å². The van der Waals surface area contributed by atoms with E-state index in [9.17, 15) is 17.2 Å². The fourth-order valence-electron chi connectivity index (χ4n) is 1.96. The van der Waals surface area contributed by atoms with Crippen LogP contribution in [0.1, 0.15) is 12.0 Å². The molecule has 0 amide bonds. The molecule has 0 aromatic heterocycles. The Morgan fingerprint density at radius 3 is 2.65 bits per heavy atom. The lowest BCUT2D eigenvalue weighted by atomic mass is 9.95. The predicted octanol–water partition coefficient (Wildman–Crippen LogP) is 0.900. The number of nitrogens with two attached hydrogens (primary N) is 1. The highest BCUT2D eigenvalue weighted by molar-refractivity contribution is 7.86. The fraction of sp³-hybridized carbons (Fsp3) is 0.400. The number of benzene rings is 1. The Morgan fingerprint density at radius 1 is 1.41 bits per heavy atom. The minimum absolute atomic E-state index is 0.00580. The number of hydrogen-bond acceptors (Lipinski definition) is 2. The molecular weight excluding hydrogens is 250 g/mol. The topological polar surface area (TPSA) is 63.4 Å². The number of nitrogens with zero attached hydrogens (tertiary/aromatic N) is 1. The molecule has 2 N–H and O–H groups in total. The predicted molar refractivity (Wildman–Crippen MR) is 58.5 cm³/mol. The van der Waals surface area contributed by atoms with Crippen molar-refractivity contribution in [3.05, 3.63) is 35.6 Å². The summed E-state index contributed by atoms with van der Waals surface area (Å²) in [7, 11) is -3.89. The summed E-state index contributed by atoms with van der Waals surface area (Å²) < 4.78 is 50.5. The molecule has 0 radical (unpaired) electrons. The Bertz CT molecular complexity index is 535. The second-order valence-corrected chi connectivity index (χ2v) is 5.65. The highest BCUT2D eigenvalue weighted by atomic mass is 32.2. The van der Waals surface area contributed by atoms with Gasteiger partial charge in [-0.1, -0.05) is 12.1 Å². The van der Waals surface area contributed by atoms with E-state index in [0.29, 0.717) is 0 Å². The largest absolute Gasteiger partial charge is 0.277 e. The lowest BCUT2D eigenvalue weighted by molar-refractivity contribution is 0.183. The van der Waals surface area contributed by atoms with E-state index >= 15 is 0 Å². The number of halogens is 2. The molecule has 1 aliphatic rings. The van der Waals surface area contributed by atoms with E-state index in [4.69, 9.17) is 5.14 Å². The first-order valence-corrected chi connectivity index (χ1v) is 6.54. The molecular formula is C10H12F2N2O2S. The maximum absolute atomic E-state index is 14.5. The Hall–Kier alpha value is -1.05. The first-order valence-electron chi connectivity index (χ1n) is 5.04. The van der Waals surface area contributed by atoms with Gasteiger partial charge in [-0.15, -0.1) is 0 Å². The monoisotopic (exact) mass is 262 g/mol. The molecule has 1 unspecified atom stereocenters. The smallest absolute Gasteiger partial charge is 0.237 e. The molecule has 0 aliphatic carbocycles. The second-order valence-electron chi connectivity index (χ2n) is 4.10. The van der Waals surface area contributed by atoms with Gasteiger partial charge in [0.25, 0.3) is 10.2 Å². The van der Waals surface area contributed by atoms with E-state index in [-0.39, 0.29) is 25.1 Å². The molecule has 1 saturated heterocycles. The molecule has 7 heteroatoms. The third-order valence-corrected chi connectivity index (χ3v) is 3.92. The summed E-state index contributed by atoms with van der Waals surface area (Å²) in [6.45, 7) is -0.360. The standard InChI is InChI=1S/C10H12F2N2O2S/c11-9-3-1-2-8(6-9)10(12)4-5-14(7-10)17(13,15)16/h1-3,6H,4-5,7H2,(H2,13,15,16). The fourth-order valence-corrected chi connectivity index (χ4v) is 2.69. The molecule has 17 heavy (non-hydrogen) atoms. The average Bonchev–Trinajstić information content (AvgIpc) is 2.62. The Kier molecular flexibility index (Phi) is 2.92. The van der Waals surface area contributed by atoms with Crippen LogP contribution < -0.4 is 5.14 Å². The van der Waals surface area contributed by atoms with Gasteiger partial charge in [0.05, 0.1) is 6.54 Å². The summed E-state index contributed by atoms with van der Waals surface area (Å²) in [5.41, 5.74) is -1.72. The van der Waals surface area contributed by atoms with Gasteiger partial charge in [-0.3, -0.25) is 0 Å². The lowest BCUT2D eigenvalue weighted by Crippen LogP contribution is -2.36. The van der Waals surface area contributed by atoms with Crippen molar-refractivity contribution in [2.24, 2.45) is 5.14 Å². The average molecular weight is 262 g/mol. The minimum atomic E-state index is -3.89. The highest BCUT2D eigenvalue weighted by Gasteiger charge is 2.43. The van der Waals surface area contributed by atoms with Crippen molar-refractivity contribution in [2.75, 3.05) is 13.1 Å². The van der Waals surface area contributed by atoms with Crippen molar-refractivity contribution in [2.45, 2.75) is 12.1 Å². The maximum atomic E-state index is 14.5. The summed E-state index contributed by atoms with van der Waals surface area (Å²) in [6.07, 6.45) is -0.0209. The molecule has 0 spiro atoms. The molecule has 1 aromatic rings. The Morgan fingerprint density at radius 2 is 2.12 bits per heavy atom. The van der Waals surface area contributed by atoms with Gasteiger partial charge in [0.15, 0.2) is 5.67 Å². The third-order valence-electron chi connectivity index (χ3n) is 2.89. The van der Waals surface area contributed by atoms with Crippen LogP contribution in [-0.2, 0) is 15.9 Å². The number of alkyl halides is 1. The minimum Gasteiger partial charge on any atom is -0.237 e. The summed E-state index contributed by atoms with van der Waals surface area (Å²) in [5.74, 6) is -0.548. The second kappa shape index (κ2) is 4.01. The normalized spacial score (nSPS) is 26.3. The van der Waals surface area contributed by atoms with Crippen molar-refractivity contribution in [1.82, 2.24) is 4.31 Å². The first kappa shape index (κ1) is 12.4. The van der Waals surface area contributed by atoms with Gasteiger partial charge in [-0.2, -0.15) is 12.7 Å². The third kappa shape index (κ3) is 2.46. The van der Waals surface area contributed by atoms with Crippen LogP contribution in [0.3, 0.4) is 0 Å². The van der Waals surface area contributed by atoms with E-state index in [2.05, 4.69) is 0 Å². The van der Waals surface area contributed by atoms with Crippen LogP contribution in [0.15, 0.2) is 24.3 Å². The summed E-state index contributed by atoms with van der Waals surface area (Å²) >= 11 is 0. The lowest BCUT2D eigenvalue weighted by Gasteiger charge is -2.20. The van der Waals surface area contributed by atoms with Gasteiger partial charge < -0.3 is 0 Å². The molecule has 1 fully saturated rings. The van der Waals surface area contributed by atoms with Gasteiger partial charge in [-0.25, -0.2) is 13.9 Å². The van der Waals surface area contributed by atoms with E-state index in [1.807, 2.05) is 0 Å². The van der Waals surface area contributed by atoms with Crippen molar-refractivity contribution < 1.29 is 17.2 Å². The van der Waals surface area contributed by atoms with E-state index in [0.717, 1.165) is 10.4 Å². The highest BCUT2D eigenvalue weighted by Crippen LogP contribution is 2.36. The first-order chi connectivity index (χ1) is 7.81. The summed E-state index contributed by atoms with van der Waals surface area (Å²) in [4.78, 5) is 0. The van der Waals surface area contributed by atoms with Crippen LogP contribution >= 0.6 is 0 Å². The van der Waals surface area contributed by atoms with Crippen LogP contribution in [0.2, 0.25) is 0 Å². The van der Waals surface area contributed by atoms with Crippen molar-refractivity contribution in [1.29, 1.82) is 0 Å². The molecule has 1 heterocycles. The molecule has 0 bridgehead atoms. The number of rotatable bonds is 2. The molecule has 2 rings (SSSR count). The molecule has 4 nitrogen and oxygen atoms in total. The number of hydrogen-bond donors (Lipinski definition) is 1. The summed E-state index contributed by atoms with van der Waals surface area (Å²) in [6, 6.07) is 5.12. The van der Waals surface area contributed by atoms with Crippen molar-refractivity contribution in [3.8, 4) is 0 Å². The molecule has 1 aliphatic heterocycles. The Labute approximate surface area is 98.2 Å². The van der Waals surface area contributed by atoms with Crippen LogP contribution in [0.25, 0.3) is 0 Å². The SMILES string of the molecule is NS(=O)(=O)N1CCC(F)(c2cccc(F)c2)C1. The zero-order chi connectivity index (χ0) is 12.7. The van der Waals surface area contributed by atoms with E-state index in [1.54, 1.807) is 0 Å². The van der Waals surface area contributed by atoms with Gasteiger partial charge in [0.2, 0.25) is 0 Å². The molecule has 0 saturated carbocycles. The maximum Gasteiger partial charge on any atom is 0.277 e. The van der Waals surface area contributed by atoms with E-state index < -0.39 is 21.7 Å². The van der Waals surface area contributed by atoms with E-state index in [1.165, 1.54) is 18.2 Å². The molecule has 1 aromatic carbocycles. The van der Waals surface area contributed by atoms with Gasteiger partial charge >= 0.3 is 0 Å². The molecule has 94 valence electrons. The molecule has 1 atom stereocenters.